The zero-order valence-electron chi connectivity index (χ0n) is 5.99. The van der Waals surface area contributed by atoms with Crippen molar-refractivity contribution in [3.63, 3.8) is 0 Å². The highest BCUT2D eigenvalue weighted by atomic mass is 29.2. The van der Waals surface area contributed by atoms with Gasteiger partial charge in [-0.1, -0.05) is 0 Å². The van der Waals surface area contributed by atoms with E-state index >= 15 is 0 Å². The zero-order chi connectivity index (χ0) is 6.62. The highest BCUT2D eigenvalue weighted by Gasteiger charge is 2.05. The van der Waals surface area contributed by atoms with Crippen molar-refractivity contribution in [1.29, 1.82) is 0 Å². The molecule has 0 aromatic rings. The van der Waals surface area contributed by atoms with Gasteiger partial charge >= 0.3 is 0 Å². The highest BCUT2D eigenvalue weighted by molar-refractivity contribution is 6.97. The van der Waals surface area contributed by atoms with Gasteiger partial charge < -0.3 is 10.4 Å². The van der Waals surface area contributed by atoms with Crippen molar-refractivity contribution in [2.75, 3.05) is 0 Å². The molecule has 0 amide bonds. The number of nitrogens with two attached hydrogens (primary N) is 1. The summed E-state index contributed by atoms with van der Waals surface area (Å²) in [5, 5.41) is 5.47. The molecule has 0 atom stereocenters. The predicted molar refractivity (Wildman–Crippen MR) is 44.2 cm³/mol. The average Bonchev–Trinajstić information content (AvgIpc) is 1.59. The first-order valence-corrected chi connectivity index (χ1v) is 8.54. The van der Waals surface area contributed by atoms with Crippen molar-refractivity contribution in [3.05, 3.63) is 0 Å². The van der Waals surface area contributed by atoms with Gasteiger partial charge in [0.25, 0.3) is 0 Å². The van der Waals surface area contributed by atoms with Crippen molar-refractivity contribution in [3.8, 4) is 0 Å². The fourth-order valence-corrected chi connectivity index (χ4v) is 4.02. The lowest BCUT2D eigenvalue weighted by atomic mass is 10.1. The second kappa shape index (κ2) is 3.39. The van der Waals surface area contributed by atoms with Crippen LogP contribution in [0.3, 0.4) is 0 Å². The maximum Gasteiger partial charge on any atom is 0.0935 e. The molecule has 0 saturated carbocycles. The Morgan fingerprint density at radius 3 is 2.00 bits per heavy atom. The van der Waals surface area contributed by atoms with Gasteiger partial charge in [-0.05, 0) is 20.8 Å². The third-order valence-electron chi connectivity index (χ3n) is 0.800. The number of rotatable bonds is 2. The third kappa shape index (κ3) is 6.35. The van der Waals surface area contributed by atoms with Crippen LogP contribution < -0.4 is 10.4 Å². The van der Waals surface area contributed by atoms with Crippen LogP contribution in [0.25, 0.3) is 0 Å². The molecule has 2 nitrogen and oxygen atoms in total. The topological polar surface area (TPSA) is 38.0 Å². The molecule has 0 radical (unpaired) electrons. The molecule has 50 valence electrons. The van der Waals surface area contributed by atoms with Crippen molar-refractivity contribution in [2.45, 2.75) is 26.3 Å². The molecule has 0 spiro atoms. The number of hydrogen-bond donors (Lipinski definition) is 2. The van der Waals surface area contributed by atoms with Crippen LogP contribution in [-0.4, -0.2) is 23.9 Å². The first-order chi connectivity index (χ1) is 3.56. The lowest BCUT2D eigenvalue weighted by Crippen LogP contribution is -2.43. The summed E-state index contributed by atoms with van der Waals surface area (Å²) < 4.78 is 0. The van der Waals surface area contributed by atoms with Gasteiger partial charge in [0.2, 0.25) is 0 Å². The Bertz CT molecular complexity index is 59.5. The zero-order valence-corrected chi connectivity index (χ0v) is 8.82. The third-order valence-corrected chi connectivity index (χ3v) is 4.02. The van der Waals surface area contributed by atoms with E-state index in [2.05, 4.69) is 25.8 Å². The molecule has 0 fully saturated rings. The smallest absolute Gasteiger partial charge is 0.0935 e. The van der Waals surface area contributed by atoms with Crippen LogP contribution in [0.4, 0.5) is 0 Å². The lowest BCUT2D eigenvalue weighted by Gasteiger charge is -2.19. The largest absolute Gasteiger partial charge is 0.357 e. The van der Waals surface area contributed by atoms with E-state index < -0.39 is 0 Å². The van der Waals surface area contributed by atoms with Gasteiger partial charge in [-0.3, -0.25) is 0 Å². The summed E-state index contributed by atoms with van der Waals surface area (Å²) in [6.45, 7) is 6.55. The minimum Gasteiger partial charge on any atom is -0.357 e. The van der Waals surface area contributed by atoms with Crippen LogP contribution in [0, 0.1) is 0 Å². The SMILES string of the molecule is CC(C)(C)N[SiH2][SiH2]N. The fourth-order valence-electron chi connectivity index (χ4n) is 0.447. The van der Waals surface area contributed by atoms with Gasteiger partial charge in [0.05, 0.1) is 18.4 Å². The van der Waals surface area contributed by atoms with Gasteiger partial charge in [0, 0.05) is 5.54 Å². The van der Waals surface area contributed by atoms with Crippen LogP contribution in [0.1, 0.15) is 20.8 Å². The van der Waals surface area contributed by atoms with Gasteiger partial charge in [-0.2, -0.15) is 0 Å². The number of hydrogen-bond acceptors (Lipinski definition) is 2. The maximum atomic E-state index is 5.47. The molecule has 3 N–H and O–H groups in total. The van der Waals surface area contributed by atoms with Crippen molar-refractivity contribution < 1.29 is 0 Å². The Hall–Kier alpha value is 0.354. The van der Waals surface area contributed by atoms with Crippen LogP contribution in [0.5, 0.6) is 0 Å². The molecule has 0 rings (SSSR count). The van der Waals surface area contributed by atoms with Gasteiger partial charge in [-0.15, -0.1) is 0 Å². The molecular weight excluding hydrogens is 132 g/mol. The van der Waals surface area contributed by atoms with E-state index in [1.54, 1.807) is 0 Å². The summed E-state index contributed by atoms with van der Waals surface area (Å²) in [5.41, 5.74) is 0.318. The molecule has 8 heavy (non-hydrogen) atoms. The van der Waals surface area contributed by atoms with E-state index in [0.29, 0.717) is 5.54 Å². The molecule has 4 heteroatoms. The fraction of sp³-hybridized carbons (Fsp3) is 1.00. The quantitative estimate of drug-likeness (QED) is 0.464. The lowest BCUT2D eigenvalue weighted by molar-refractivity contribution is 0.526. The van der Waals surface area contributed by atoms with Crippen LogP contribution in [0.2, 0.25) is 0 Å². The molecule has 0 aromatic carbocycles. The van der Waals surface area contributed by atoms with E-state index in [1.807, 2.05) is 0 Å². The Morgan fingerprint density at radius 1 is 1.38 bits per heavy atom. The van der Waals surface area contributed by atoms with E-state index in [0.717, 1.165) is 0 Å². The molecule has 0 bridgehead atoms. The second-order valence-electron chi connectivity index (χ2n) is 2.97. The highest BCUT2D eigenvalue weighted by Crippen LogP contribution is 1.94. The molecule has 0 saturated heterocycles. The molecule has 0 aliphatic heterocycles. The molecule has 0 unspecified atom stereocenters. The molecule has 0 heterocycles. The predicted octanol–water partition coefficient (Wildman–Crippen LogP) is -1.58. The minimum atomic E-state index is -0.138. The summed E-state index contributed by atoms with van der Waals surface area (Å²) in [4.78, 5) is 3.45. The van der Waals surface area contributed by atoms with Crippen LogP contribution in [-0.2, 0) is 0 Å². The standard InChI is InChI=1S/C4H16N2Si2/c1-4(2,3)6-8-7-5/h6H,5,7-8H2,1-3H3. The average molecular weight is 148 g/mol. The molecule has 0 aliphatic rings. The Morgan fingerprint density at radius 2 is 1.88 bits per heavy atom. The monoisotopic (exact) mass is 148 g/mol. The van der Waals surface area contributed by atoms with Crippen molar-refractivity contribution in [1.82, 2.24) is 4.98 Å². The summed E-state index contributed by atoms with van der Waals surface area (Å²) in [7, 11) is -0.154. The first kappa shape index (κ1) is 8.35. The normalized spacial score (nSPS) is 15.0. The summed E-state index contributed by atoms with van der Waals surface area (Å²) >= 11 is 0. The van der Waals surface area contributed by atoms with E-state index in [1.165, 1.54) is 0 Å². The van der Waals surface area contributed by atoms with Gasteiger partial charge in [-0.25, -0.2) is 0 Å². The molecule has 0 aromatic heterocycles. The Balaban J connectivity index is 3.11. The van der Waals surface area contributed by atoms with E-state index in [9.17, 15) is 0 Å². The minimum absolute atomic E-state index is 0.0158. The summed E-state index contributed by atoms with van der Waals surface area (Å²) in [6.07, 6.45) is 0. The van der Waals surface area contributed by atoms with Gasteiger partial charge in [0.15, 0.2) is 0 Å². The van der Waals surface area contributed by atoms with E-state index in [4.69, 9.17) is 5.40 Å². The van der Waals surface area contributed by atoms with Crippen molar-refractivity contribution >= 4 is 18.4 Å². The van der Waals surface area contributed by atoms with Crippen molar-refractivity contribution in [2.24, 2.45) is 5.40 Å². The maximum absolute atomic E-state index is 5.47. The van der Waals surface area contributed by atoms with Gasteiger partial charge in [0.1, 0.15) is 0 Å². The summed E-state index contributed by atoms with van der Waals surface area (Å²) in [5.74, 6) is 0. The first-order valence-electron chi connectivity index (χ1n) is 3.01. The molecule has 0 aliphatic carbocycles. The second-order valence-corrected chi connectivity index (χ2v) is 7.63. The summed E-state index contributed by atoms with van der Waals surface area (Å²) in [6, 6.07) is 0. The van der Waals surface area contributed by atoms with Crippen LogP contribution >= 0.6 is 0 Å². The number of nitrogens with one attached hydrogen (secondary N) is 1. The Kier molecular flexibility index (Phi) is 3.54. The van der Waals surface area contributed by atoms with E-state index in [-0.39, 0.29) is 18.4 Å². The molecular formula is C4H16N2Si2. The van der Waals surface area contributed by atoms with Crippen LogP contribution in [0.15, 0.2) is 0 Å². The Labute approximate surface area is 55.8 Å².